The maximum absolute atomic E-state index is 13.2. The molecule has 2 aromatic rings. The SMILES string of the molecule is Cc1cccc(CN(C(=O)Cc2ccc(Cl)cc2Cl)[C@H](C)C(=O)NC(C)(C)C)c1. The Morgan fingerprint density at radius 2 is 1.79 bits per heavy atom. The molecule has 6 heteroatoms. The van der Waals surface area contributed by atoms with Gasteiger partial charge in [0, 0.05) is 22.1 Å². The van der Waals surface area contributed by atoms with Gasteiger partial charge < -0.3 is 10.2 Å². The van der Waals surface area contributed by atoms with Crippen LogP contribution in [-0.4, -0.2) is 28.3 Å². The van der Waals surface area contributed by atoms with E-state index in [4.69, 9.17) is 23.2 Å². The maximum atomic E-state index is 13.2. The molecule has 0 aliphatic heterocycles. The fourth-order valence-corrected chi connectivity index (χ4v) is 3.47. The molecule has 0 bridgehead atoms. The third-order valence-corrected chi connectivity index (χ3v) is 5.04. The lowest BCUT2D eigenvalue weighted by atomic mass is 10.1. The molecule has 156 valence electrons. The van der Waals surface area contributed by atoms with Crippen molar-refractivity contribution in [3.05, 3.63) is 69.2 Å². The van der Waals surface area contributed by atoms with Crippen LogP contribution in [0, 0.1) is 6.92 Å². The van der Waals surface area contributed by atoms with Crippen LogP contribution in [0.1, 0.15) is 44.4 Å². The molecule has 0 aliphatic carbocycles. The van der Waals surface area contributed by atoms with Gasteiger partial charge in [0.25, 0.3) is 0 Å². The maximum Gasteiger partial charge on any atom is 0.242 e. The number of hydrogen-bond acceptors (Lipinski definition) is 2. The third-order valence-electron chi connectivity index (χ3n) is 4.46. The number of amides is 2. The van der Waals surface area contributed by atoms with E-state index >= 15 is 0 Å². The largest absolute Gasteiger partial charge is 0.350 e. The van der Waals surface area contributed by atoms with E-state index in [0.717, 1.165) is 11.1 Å². The van der Waals surface area contributed by atoms with Crippen molar-refractivity contribution >= 4 is 35.0 Å². The Kier molecular flexibility index (Phi) is 7.73. The van der Waals surface area contributed by atoms with Gasteiger partial charge >= 0.3 is 0 Å². The number of carbonyl (C=O) groups is 2. The summed E-state index contributed by atoms with van der Waals surface area (Å²) in [5, 5.41) is 3.91. The molecule has 0 spiro atoms. The summed E-state index contributed by atoms with van der Waals surface area (Å²) in [7, 11) is 0. The van der Waals surface area contributed by atoms with Gasteiger partial charge in [-0.1, -0.05) is 59.1 Å². The Morgan fingerprint density at radius 3 is 2.38 bits per heavy atom. The Hall–Kier alpha value is -2.04. The lowest BCUT2D eigenvalue weighted by Gasteiger charge is -2.31. The van der Waals surface area contributed by atoms with Crippen molar-refractivity contribution in [2.24, 2.45) is 0 Å². The van der Waals surface area contributed by atoms with E-state index in [1.807, 2.05) is 52.0 Å². The Morgan fingerprint density at radius 1 is 1.10 bits per heavy atom. The second-order valence-electron chi connectivity index (χ2n) is 8.34. The second kappa shape index (κ2) is 9.64. The molecule has 2 amide bonds. The zero-order valence-corrected chi connectivity index (χ0v) is 19.1. The highest BCUT2D eigenvalue weighted by Crippen LogP contribution is 2.23. The van der Waals surface area contributed by atoms with Crippen LogP contribution in [0.3, 0.4) is 0 Å². The van der Waals surface area contributed by atoms with E-state index in [9.17, 15) is 9.59 Å². The minimum Gasteiger partial charge on any atom is -0.350 e. The molecule has 0 heterocycles. The molecule has 2 rings (SSSR count). The zero-order chi connectivity index (χ0) is 21.8. The van der Waals surface area contributed by atoms with E-state index in [-0.39, 0.29) is 23.8 Å². The predicted octanol–water partition coefficient (Wildman–Crippen LogP) is 5.18. The van der Waals surface area contributed by atoms with Crippen molar-refractivity contribution in [3.63, 3.8) is 0 Å². The summed E-state index contributed by atoms with van der Waals surface area (Å²) >= 11 is 12.2. The molecule has 1 N–H and O–H groups in total. The number of aryl methyl sites for hydroxylation is 1. The fourth-order valence-electron chi connectivity index (χ4n) is 2.99. The van der Waals surface area contributed by atoms with Crippen molar-refractivity contribution in [1.82, 2.24) is 10.2 Å². The minimum atomic E-state index is -0.631. The van der Waals surface area contributed by atoms with Gasteiger partial charge in [-0.3, -0.25) is 9.59 Å². The van der Waals surface area contributed by atoms with E-state index < -0.39 is 6.04 Å². The fraction of sp³-hybridized carbons (Fsp3) is 0.391. The molecule has 4 nitrogen and oxygen atoms in total. The molecule has 0 aliphatic rings. The number of nitrogens with one attached hydrogen (secondary N) is 1. The molecule has 0 saturated carbocycles. The van der Waals surface area contributed by atoms with Crippen molar-refractivity contribution in [2.75, 3.05) is 0 Å². The monoisotopic (exact) mass is 434 g/mol. The molecule has 0 fully saturated rings. The molecule has 0 saturated heterocycles. The number of hydrogen-bond donors (Lipinski definition) is 1. The molecule has 29 heavy (non-hydrogen) atoms. The highest BCUT2D eigenvalue weighted by Gasteiger charge is 2.28. The summed E-state index contributed by atoms with van der Waals surface area (Å²) in [5.74, 6) is -0.368. The summed E-state index contributed by atoms with van der Waals surface area (Å²) < 4.78 is 0. The van der Waals surface area contributed by atoms with Gasteiger partial charge in [0.05, 0.1) is 6.42 Å². The molecule has 2 aromatic carbocycles. The van der Waals surface area contributed by atoms with Crippen LogP contribution < -0.4 is 5.32 Å². The third kappa shape index (κ3) is 7.06. The number of rotatable bonds is 6. The van der Waals surface area contributed by atoms with Gasteiger partial charge in [0.15, 0.2) is 0 Å². The van der Waals surface area contributed by atoms with Gasteiger partial charge in [0.2, 0.25) is 11.8 Å². The number of nitrogens with zero attached hydrogens (tertiary/aromatic N) is 1. The Labute approximate surface area is 183 Å². The topological polar surface area (TPSA) is 49.4 Å². The molecule has 0 aromatic heterocycles. The summed E-state index contributed by atoms with van der Waals surface area (Å²) in [4.78, 5) is 27.6. The van der Waals surface area contributed by atoms with Crippen LogP contribution in [0.4, 0.5) is 0 Å². The van der Waals surface area contributed by atoms with Crippen LogP contribution >= 0.6 is 23.2 Å². The van der Waals surface area contributed by atoms with Crippen molar-refractivity contribution in [2.45, 2.75) is 59.2 Å². The zero-order valence-electron chi connectivity index (χ0n) is 17.6. The summed E-state index contributed by atoms with van der Waals surface area (Å²) in [6.07, 6.45) is 0.0922. The lowest BCUT2D eigenvalue weighted by Crippen LogP contribution is -2.52. The first-order valence-electron chi connectivity index (χ1n) is 9.57. The predicted molar refractivity (Wildman–Crippen MR) is 119 cm³/mol. The first-order chi connectivity index (χ1) is 13.5. The summed E-state index contributed by atoms with van der Waals surface area (Å²) in [5.41, 5.74) is 2.36. The van der Waals surface area contributed by atoms with Crippen LogP contribution in [0.25, 0.3) is 0 Å². The van der Waals surface area contributed by atoms with E-state index in [1.165, 1.54) is 0 Å². The van der Waals surface area contributed by atoms with Crippen LogP contribution in [0.5, 0.6) is 0 Å². The van der Waals surface area contributed by atoms with E-state index in [2.05, 4.69) is 5.32 Å². The van der Waals surface area contributed by atoms with Gasteiger partial charge in [0.1, 0.15) is 6.04 Å². The highest BCUT2D eigenvalue weighted by molar-refractivity contribution is 6.35. The average molecular weight is 435 g/mol. The van der Waals surface area contributed by atoms with Gasteiger partial charge in [-0.2, -0.15) is 0 Å². The molecule has 1 atom stereocenters. The van der Waals surface area contributed by atoms with Crippen molar-refractivity contribution < 1.29 is 9.59 Å². The van der Waals surface area contributed by atoms with Gasteiger partial charge in [-0.25, -0.2) is 0 Å². The van der Waals surface area contributed by atoms with Crippen LogP contribution in [0.2, 0.25) is 10.0 Å². The second-order valence-corrected chi connectivity index (χ2v) is 9.18. The Balaban J connectivity index is 2.29. The van der Waals surface area contributed by atoms with Gasteiger partial charge in [-0.15, -0.1) is 0 Å². The minimum absolute atomic E-state index is 0.0922. The molecule has 0 radical (unpaired) electrons. The first kappa shape index (κ1) is 23.2. The quantitative estimate of drug-likeness (QED) is 0.680. The van der Waals surface area contributed by atoms with Crippen molar-refractivity contribution in [1.29, 1.82) is 0 Å². The van der Waals surface area contributed by atoms with Crippen LogP contribution in [-0.2, 0) is 22.6 Å². The Bertz CT molecular complexity index is 891. The van der Waals surface area contributed by atoms with Gasteiger partial charge in [-0.05, 0) is 57.9 Å². The number of benzene rings is 2. The number of carbonyl (C=O) groups excluding carboxylic acids is 2. The average Bonchev–Trinajstić information content (AvgIpc) is 2.60. The standard InChI is InChI=1S/C23H28Cl2N2O2/c1-15-7-6-8-17(11-15)14-27(16(2)22(29)26-23(3,4)5)21(28)12-18-9-10-19(24)13-20(18)25/h6-11,13,16H,12,14H2,1-5H3,(H,26,29)/t16-/m1/s1. The first-order valence-corrected chi connectivity index (χ1v) is 10.3. The summed E-state index contributed by atoms with van der Waals surface area (Å²) in [6.45, 7) is 9.83. The number of halogens is 2. The molecular weight excluding hydrogens is 407 g/mol. The lowest BCUT2D eigenvalue weighted by molar-refractivity contribution is -0.140. The molecular formula is C23H28Cl2N2O2. The van der Waals surface area contributed by atoms with E-state index in [1.54, 1.807) is 30.0 Å². The van der Waals surface area contributed by atoms with E-state index in [0.29, 0.717) is 22.2 Å². The van der Waals surface area contributed by atoms with Crippen molar-refractivity contribution in [3.8, 4) is 0 Å². The van der Waals surface area contributed by atoms with Crippen LogP contribution in [0.15, 0.2) is 42.5 Å². The molecule has 0 unspecified atom stereocenters. The highest BCUT2D eigenvalue weighted by atomic mass is 35.5. The smallest absolute Gasteiger partial charge is 0.242 e. The summed E-state index contributed by atoms with van der Waals surface area (Å²) in [6, 6.07) is 12.4. The normalized spacial score (nSPS) is 12.4.